The molecular weight excluding hydrogens is 324 g/mol. The molecule has 0 spiro atoms. The van der Waals surface area contributed by atoms with Crippen LogP contribution < -0.4 is 15.4 Å². The van der Waals surface area contributed by atoms with Gasteiger partial charge in [-0.1, -0.05) is 48.5 Å². The molecule has 0 saturated carbocycles. The van der Waals surface area contributed by atoms with Gasteiger partial charge in [0.2, 0.25) is 0 Å². The fraction of sp³-hybridized carbons (Fsp3) is 0.227. The molecule has 0 aliphatic heterocycles. The Labute approximate surface area is 154 Å². The zero-order valence-corrected chi connectivity index (χ0v) is 15.5. The van der Waals surface area contributed by atoms with E-state index in [1.807, 2.05) is 31.2 Å². The van der Waals surface area contributed by atoms with Crippen LogP contribution in [0, 0.1) is 6.92 Å². The second kappa shape index (κ2) is 8.02. The van der Waals surface area contributed by atoms with E-state index >= 15 is 0 Å². The Morgan fingerprint density at radius 1 is 1.12 bits per heavy atom. The fourth-order valence-corrected chi connectivity index (χ4v) is 3.18. The highest BCUT2D eigenvalue weighted by Gasteiger charge is 2.15. The first-order valence-corrected chi connectivity index (χ1v) is 8.84. The smallest absolute Gasteiger partial charge is 0.279 e. The van der Waals surface area contributed by atoms with Crippen molar-refractivity contribution in [1.29, 1.82) is 0 Å². The van der Waals surface area contributed by atoms with Crippen molar-refractivity contribution in [3.63, 3.8) is 0 Å². The molecule has 3 rings (SSSR count). The summed E-state index contributed by atoms with van der Waals surface area (Å²) in [6.45, 7) is 4.47. The lowest BCUT2D eigenvalue weighted by Crippen LogP contribution is -2.86. The van der Waals surface area contributed by atoms with Crippen LogP contribution in [0.4, 0.5) is 5.69 Å². The van der Waals surface area contributed by atoms with E-state index in [2.05, 4.69) is 54.0 Å². The van der Waals surface area contributed by atoms with Crippen LogP contribution in [0.25, 0.3) is 10.8 Å². The highest BCUT2D eigenvalue weighted by molar-refractivity contribution is 5.93. The van der Waals surface area contributed by atoms with Crippen LogP contribution in [0.15, 0.2) is 60.7 Å². The van der Waals surface area contributed by atoms with Crippen molar-refractivity contribution in [2.75, 3.05) is 19.0 Å². The first kappa shape index (κ1) is 18.0. The number of anilines is 1. The minimum absolute atomic E-state index is 0.0408. The summed E-state index contributed by atoms with van der Waals surface area (Å²) in [7, 11) is 1.61. The number of aryl methyl sites for hydroxylation is 1. The number of nitrogens with one attached hydrogen (secondary N) is 1. The van der Waals surface area contributed by atoms with Gasteiger partial charge in [-0.25, -0.2) is 0 Å². The second-order valence-corrected chi connectivity index (χ2v) is 6.55. The number of hydrogen-bond acceptors (Lipinski definition) is 2. The predicted octanol–water partition coefficient (Wildman–Crippen LogP) is 3.42. The number of nitrogens with two attached hydrogens (primary N) is 1. The molecule has 4 nitrogen and oxygen atoms in total. The Balaban J connectivity index is 1.67. The van der Waals surface area contributed by atoms with E-state index in [1.165, 1.54) is 16.3 Å². The third kappa shape index (κ3) is 4.03. The molecule has 1 amide bonds. The lowest BCUT2D eigenvalue weighted by molar-refractivity contribution is -0.682. The van der Waals surface area contributed by atoms with Gasteiger partial charge in [-0.3, -0.25) is 4.79 Å². The van der Waals surface area contributed by atoms with Gasteiger partial charge < -0.3 is 15.4 Å². The van der Waals surface area contributed by atoms with Gasteiger partial charge in [0.05, 0.1) is 12.8 Å². The molecule has 4 heteroatoms. The zero-order valence-electron chi connectivity index (χ0n) is 15.5. The number of methoxy groups -OCH3 is 1. The first-order chi connectivity index (χ1) is 12.6. The van der Waals surface area contributed by atoms with Crippen LogP contribution in [-0.4, -0.2) is 19.6 Å². The minimum Gasteiger partial charge on any atom is -0.495 e. The number of benzene rings is 3. The maximum atomic E-state index is 12.4. The van der Waals surface area contributed by atoms with Crippen LogP contribution in [-0.2, 0) is 4.79 Å². The number of carbonyl (C=O) groups excluding carboxylic acids is 1. The normalized spacial score (nSPS) is 12.0. The molecule has 0 radical (unpaired) electrons. The van der Waals surface area contributed by atoms with Crippen molar-refractivity contribution >= 4 is 22.4 Å². The topological polar surface area (TPSA) is 54.9 Å². The van der Waals surface area contributed by atoms with Crippen LogP contribution in [0.5, 0.6) is 5.75 Å². The standard InChI is InChI=1S/C22H24N2O2/c1-15-11-12-21(26-3)20(13-15)24-22(25)14-23-16(2)18-10-6-8-17-7-4-5-9-19(17)18/h4-13,16,23H,14H2,1-3H3,(H,24,25)/p+1/t16-/m1/s1. The highest BCUT2D eigenvalue weighted by atomic mass is 16.5. The molecule has 0 saturated heterocycles. The number of rotatable bonds is 6. The summed E-state index contributed by atoms with van der Waals surface area (Å²) in [4.78, 5) is 12.4. The SMILES string of the molecule is COc1ccc(C)cc1NC(=O)C[NH2+][C@H](C)c1cccc2ccccc12. The minimum atomic E-state index is -0.0408. The summed E-state index contributed by atoms with van der Waals surface area (Å²) in [5.74, 6) is 0.632. The molecule has 0 aromatic heterocycles. The van der Waals surface area contributed by atoms with Crippen molar-refractivity contribution in [1.82, 2.24) is 0 Å². The average molecular weight is 349 g/mol. The molecule has 1 atom stereocenters. The predicted molar refractivity (Wildman–Crippen MR) is 106 cm³/mol. The van der Waals surface area contributed by atoms with Gasteiger partial charge in [0, 0.05) is 5.56 Å². The Morgan fingerprint density at radius 3 is 2.69 bits per heavy atom. The van der Waals surface area contributed by atoms with Crippen LogP contribution in [0.3, 0.4) is 0 Å². The van der Waals surface area contributed by atoms with Crippen molar-refractivity contribution in [3.05, 3.63) is 71.8 Å². The number of ether oxygens (including phenoxy) is 1. The lowest BCUT2D eigenvalue weighted by atomic mass is 10.00. The first-order valence-electron chi connectivity index (χ1n) is 8.84. The van der Waals surface area contributed by atoms with Crippen LogP contribution >= 0.6 is 0 Å². The Kier molecular flexibility index (Phi) is 5.54. The summed E-state index contributed by atoms with van der Waals surface area (Å²) < 4.78 is 5.32. The summed E-state index contributed by atoms with van der Waals surface area (Å²) in [5, 5.41) is 7.46. The molecule has 26 heavy (non-hydrogen) atoms. The summed E-state index contributed by atoms with van der Waals surface area (Å²) in [5.41, 5.74) is 3.03. The number of amides is 1. The number of hydrogen-bond donors (Lipinski definition) is 2. The maximum absolute atomic E-state index is 12.4. The third-order valence-electron chi connectivity index (χ3n) is 4.60. The van der Waals surface area contributed by atoms with E-state index in [0.717, 1.165) is 5.56 Å². The molecule has 3 N–H and O–H groups in total. The van der Waals surface area contributed by atoms with E-state index in [-0.39, 0.29) is 11.9 Å². The molecule has 134 valence electrons. The van der Waals surface area contributed by atoms with Crippen molar-refractivity contribution in [2.24, 2.45) is 0 Å². The maximum Gasteiger partial charge on any atom is 0.279 e. The molecule has 0 bridgehead atoms. The van der Waals surface area contributed by atoms with Gasteiger partial charge in [0.25, 0.3) is 5.91 Å². The molecule has 3 aromatic rings. The third-order valence-corrected chi connectivity index (χ3v) is 4.60. The van der Waals surface area contributed by atoms with Gasteiger partial charge in [-0.05, 0) is 42.3 Å². The lowest BCUT2D eigenvalue weighted by Gasteiger charge is -2.14. The molecule has 0 fully saturated rings. The quantitative estimate of drug-likeness (QED) is 0.716. The molecule has 0 aliphatic carbocycles. The Bertz CT molecular complexity index is 916. The fourth-order valence-electron chi connectivity index (χ4n) is 3.18. The Hall–Kier alpha value is -2.85. The summed E-state index contributed by atoms with van der Waals surface area (Å²) in [6, 6.07) is 20.6. The number of quaternary nitrogens is 1. The Morgan fingerprint density at radius 2 is 1.88 bits per heavy atom. The summed E-state index contributed by atoms with van der Waals surface area (Å²) in [6.07, 6.45) is 0. The molecule has 0 unspecified atom stereocenters. The van der Waals surface area contributed by atoms with E-state index in [9.17, 15) is 4.79 Å². The van der Waals surface area contributed by atoms with Gasteiger partial charge in [0.15, 0.2) is 6.54 Å². The number of carbonyl (C=O) groups is 1. The average Bonchev–Trinajstić information content (AvgIpc) is 2.66. The highest BCUT2D eigenvalue weighted by Crippen LogP contribution is 2.25. The molecule has 3 aromatic carbocycles. The van der Waals surface area contributed by atoms with Crippen molar-refractivity contribution in [2.45, 2.75) is 19.9 Å². The van der Waals surface area contributed by atoms with Gasteiger partial charge in [-0.2, -0.15) is 0 Å². The van der Waals surface area contributed by atoms with Gasteiger partial charge >= 0.3 is 0 Å². The van der Waals surface area contributed by atoms with Crippen molar-refractivity contribution < 1.29 is 14.8 Å². The monoisotopic (exact) mass is 349 g/mol. The van der Waals surface area contributed by atoms with Crippen LogP contribution in [0.2, 0.25) is 0 Å². The largest absolute Gasteiger partial charge is 0.495 e. The van der Waals surface area contributed by atoms with E-state index in [0.29, 0.717) is 18.0 Å². The number of fused-ring (bicyclic) bond motifs is 1. The molecule has 0 aliphatic rings. The van der Waals surface area contributed by atoms with Crippen LogP contribution in [0.1, 0.15) is 24.1 Å². The van der Waals surface area contributed by atoms with Gasteiger partial charge in [0.1, 0.15) is 11.8 Å². The zero-order chi connectivity index (χ0) is 18.5. The van der Waals surface area contributed by atoms with E-state index < -0.39 is 0 Å². The van der Waals surface area contributed by atoms with Gasteiger partial charge in [-0.15, -0.1) is 0 Å². The van der Waals surface area contributed by atoms with E-state index in [4.69, 9.17) is 4.74 Å². The summed E-state index contributed by atoms with van der Waals surface area (Å²) >= 11 is 0. The van der Waals surface area contributed by atoms with Crippen molar-refractivity contribution in [3.8, 4) is 5.75 Å². The molecular formula is C22H25N2O2+. The second-order valence-electron chi connectivity index (χ2n) is 6.55. The molecule has 0 heterocycles. The van der Waals surface area contributed by atoms with E-state index in [1.54, 1.807) is 7.11 Å².